The number of benzene rings is 1. The molecule has 1 aliphatic rings. The van der Waals surface area contributed by atoms with Gasteiger partial charge in [0.05, 0.1) is 5.39 Å². The molecule has 0 saturated carbocycles. The summed E-state index contributed by atoms with van der Waals surface area (Å²) in [5.41, 5.74) is 3.91. The van der Waals surface area contributed by atoms with E-state index in [2.05, 4.69) is 23.8 Å². The van der Waals surface area contributed by atoms with Gasteiger partial charge in [0.2, 0.25) is 0 Å². The molecular formula is C20H22ClN5O2S. The lowest BCUT2D eigenvalue weighted by molar-refractivity contribution is -0.122. The molecule has 29 heavy (non-hydrogen) atoms. The molecule has 0 saturated heterocycles. The van der Waals surface area contributed by atoms with Gasteiger partial charge in [-0.3, -0.25) is 15.0 Å². The highest BCUT2D eigenvalue weighted by atomic mass is 35.5. The van der Waals surface area contributed by atoms with Gasteiger partial charge in [0.15, 0.2) is 4.83 Å². The lowest BCUT2D eigenvalue weighted by atomic mass is 9.89. The van der Waals surface area contributed by atoms with Gasteiger partial charge in [-0.25, -0.2) is 10.5 Å². The van der Waals surface area contributed by atoms with Crippen molar-refractivity contribution in [3.8, 4) is 0 Å². The Hall–Kier alpha value is -2.55. The molecule has 7 nitrogen and oxygen atoms in total. The van der Waals surface area contributed by atoms with E-state index in [4.69, 9.17) is 17.4 Å². The summed E-state index contributed by atoms with van der Waals surface area (Å²) in [6.07, 6.45) is 4.74. The first kappa shape index (κ1) is 21.2. The number of hydrogen-bond acceptors (Lipinski definition) is 6. The molecule has 0 fully saturated rings. The zero-order chi connectivity index (χ0) is 21.0. The Labute approximate surface area is 177 Å². The topological polar surface area (TPSA) is 103 Å². The van der Waals surface area contributed by atoms with Crippen LogP contribution in [0.4, 0.5) is 0 Å². The third-order valence-electron chi connectivity index (χ3n) is 4.74. The van der Waals surface area contributed by atoms with Gasteiger partial charge in [-0.1, -0.05) is 48.5 Å². The maximum atomic E-state index is 12.4. The standard InChI is InChI=1S/C12H15N5O2S.C8H7Cl/c1-6-2-3-7-8(4-6)20-11-10(7)12(19)17(16-15-11)5-9(18)14-13;1-2-7-3-5-8(9)6-4-7/h6H,2-5,13H2,1H3,(H,14,18);2-6H,1H2/t6-;/m1./s1. The minimum atomic E-state index is -0.474. The van der Waals surface area contributed by atoms with Crippen LogP contribution in [-0.4, -0.2) is 20.9 Å². The number of hydrazine groups is 1. The number of nitrogens with zero attached hydrogens (tertiary/aromatic N) is 3. The van der Waals surface area contributed by atoms with E-state index in [0.717, 1.165) is 40.1 Å². The Kier molecular flexibility index (Phi) is 6.79. The van der Waals surface area contributed by atoms with Crippen LogP contribution >= 0.6 is 22.9 Å². The molecule has 9 heteroatoms. The van der Waals surface area contributed by atoms with Gasteiger partial charge in [-0.05, 0) is 48.4 Å². The van der Waals surface area contributed by atoms with E-state index >= 15 is 0 Å². The number of nitrogens with two attached hydrogens (primary N) is 1. The van der Waals surface area contributed by atoms with Gasteiger partial charge in [0.25, 0.3) is 11.5 Å². The van der Waals surface area contributed by atoms with Crippen LogP contribution in [0.1, 0.15) is 29.3 Å². The average Bonchev–Trinajstić information content (AvgIpc) is 3.09. The molecule has 0 spiro atoms. The number of fused-ring (bicyclic) bond motifs is 3. The Morgan fingerprint density at radius 3 is 2.83 bits per heavy atom. The van der Waals surface area contributed by atoms with Crippen LogP contribution in [0.3, 0.4) is 0 Å². The van der Waals surface area contributed by atoms with Crippen LogP contribution in [0, 0.1) is 5.92 Å². The van der Waals surface area contributed by atoms with Crippen molar-refractivity contribution < 1.29 is 4.79 Å². The zero-order valence-electron chi connectivity index (χ0n) is 16.0. The summed E-state index contributed by atoms with van der Waals surface area (Å²) in [6, 6.07) is 7.54. The lowest BCUT2D eigenvalue weighted by Gasteiger charge is -2.17. The second-order valence-corrected chi connectivity index (χ2v) is 8.43. The molecule has 1 amide bonds. The van der Waals surface area contributed by atoms with Crippen molar-refractivity contribution in [3.05, 3.63) is 62.2 Å². The molecule has 2 aromatic heterocycles. The second-order valence-electron chi connectivity index (χ2n) is 6.91. The second kappa shape index (κ2) is 9.30. The van der Waals surface area contributed by atoms with Gasteiger partial charge in [0, 0.05) is 9.90 Å². The minimum Gasteiger partial charge on any atom is -0.293 e. The average molecular weight is 432 g/mol. The number of nitrogens with one attached hydrogen (secondary N) is 1. The number of thiophene rings is 1. The quantitative estimate of drug-likeness (QED) is 0.377. The zero-order valence-corrected chi connectivity index (χ0v) is 17.6. The van der Waals surface area contributed by atoms with E-state index in [1.807, 2.05) is 29.7 Å². The fourth-order valence-electron chi connectivity index (χ4n) is 3.18. The molecule has 2 heterocycles. The van der Waals surface area contributed by atoms with Crippen LogP contribution in [0.2, 0.25) is 5.02 Å². The Morgan fingerprint density at radius 2 is 2.17 bits per heavy atom. The van der Waals surface area contributed by atoms with Crippen molar-refractivity contribution in [1.82, 2.24) is 20.4 Å². The predicted molar refractivity (Wildman–Crippen MR) is 117 cm³/mol. The molecule has 3 aromatic rings. The molecular weight excluding hydrogens is 410 g/mol. The molecule has 0 bridgehead atoms. The Morgan fingerprint density at radius 1 is 1.45 bits per heavy atom. The van der Waals surface area contributed by atoms with Crippen LogP contribution in [0.15, 0.2) is 35.6 Å². The molecule has 4 rings (SSSR count). The summed E-state index contributed by atoms with van der Waals surface area (Å²) >= 11 is 7.17. The molecule has 0 unspecified atom stereocenters. The fraction of sp³-hybridized carbons (Fsp3) is 0.300. The van der Waals surface area contributed by atoms with Crippen LogP contribution in [0.5, 0.6) is 0 Å². The third kappa shape index (κ3) is 4.90. The highest BCUT2D eigenvalue weighted by molar-refractivity contribution is 7.18. The molecule has 0 aliphatic heterocycles. The fourth-order valence-corrected chi connectivity index (χ4v) is 4.62. The minimum absolute atomic E-state index is 0.209. The van der Waals surface area contributed by atoms with Gasteiger partial charge >= 0.3 is 0 Å². The number of carbonyl (C=O) groups is 1. The number of rotatable bonds is 3. The third-order valence-corrected chi connectivity index (χ3v) is 6.14. The maximum Gasteiger partial charge on any atom is 0.279 e. The van der Waals surface area contributed by atoms with Gasteiger partial charge in [-0.2, -0.15) is 0 Å². The molecule has 3 N–H and O–H groups in total. The molecule has 1 aliphatic carbocycles. The largest absolute Gasteiger partial charge is 0.293 e. The summed E-state index contributed by atoms with van der Waals surface area (Å²) in [6.45, 7) is 5.62. The van der Waals surface area contributed by atoms with Crippen molar-refractivity contribution in [3.63, 3.8) is 0 Å². The van der Waals surface area contributed by atoms with Crippen molar-refractivity contribution >= 4 is 45.1 Å². The molecule has 1 aromatic carbocycles. The number of hydrogen-bond donors (Lipinski definition) is 2. The van der Waals surface area contributed by atoms with Gasteiger partial charge < -0.3 is 0 Å². The normalized spacial score (nSPS) is 15.2. The van der Waals surface area contributed by atoms with E-state index in [1.165, 1.54) is 16.2 Å². The van der Waals surface area contributed by atoms with E-state index in [0.29, 0.717) is 16.1 Å². The van der Waals surface area contributed by atoms with E-state index in [-0.39, 0.29) is 12.1 Å². The first-order valence-electron chi connectivity index (χ1n) is 9.18. The number of carbonyl (C=O) groups excluding carboxylic acids is 1. The van der Waals surface area contributed by atoms with Crippen LogP contribution in [-0.2, 0) is 24.2 Å². The van der Waals surface area contributed by atoms with Gasteiger partial charge in [-0.15, -0.1) is 16.4 Å². The number of aryl methyl sites for hydroxylation is 1. The SMILES string of the molecule is C=Cc1ccc(Cl)cc1.C[C@@H]1CCc2c(sc3nnn(CC(=O)NN)c(=O)c23)C1. The highest BCUT2D eigenvalue weighted by Crippen LogP contribution is 2.35. The van der Waals surface area contributed by atoms with Crippen molar-refractivity contribution in [2.75, 3.05) is 0 Å². The van der Waals surface area contributed by atoms with Crippen molar-refractivity contribution in [2.24, 2.45) is 11.8 Å². The summed E-state index contributed by atoms with van der Waals surface area (Å²) in [5, 5.41) is 9.26. The van der Waals surface area contributed by atoms with E-state index in [1.54, 1.807) is 6.08 Å². The van der Waals surface area contributed by atoms with Crippen LogP contribution in [0.25, 0.3) is 16.3 Å². The van der Waals surface area contributed by atoms with Gasteiger partial charge in [0.1, 0.15) is 6.54 Å². The van der Waals surface area contributed by atoms with E-state index in [9.17, 15) is 9.59 Å². The molecule has 0 radical (unpaired) electrons. The monoisotopic (exact) mass is 431 g/mol. The first-order valence-corrected chi connectivity index (χ1v) is 10.4. The highest BCUT2D eigenvalue weighted by Gasteiger charge is 2.23. The summed E-state index contributed by atoms with van der Waals surface area (Å²) in [7, 11) is 0. The van der Waals surface area contributed by atoms with Crippen molar-refractivity contribution in [1.29, 1.82) is 0 Å². The number of aromatic nitrogens is 3. The molecule has 1 atom stereocenters. The number of halogens is 1. The first-order chi connectivity index (χ1) is 13.9. The Bertz CT molecular complexity index is 1090. The number of amides is 1. The van der Waals surface area contributed by atoms with Crippen LogP contribution < -0.4 is 16.8 Å². The summed E-state index contributed by atoms with van der Waals surface area (Å²) < 4.78 is 1.07. The Balaban J connectivity index is 0.000000224. The lowest BCUT2D eigenvalue weighted by Crippen LogP contribution is -2.37. The molecule has 152 valence electrons. The predicted octanol–water partition coefficient (Wildman–Crippen LogP) is 2.95. The van der Waals surface area contributed by atoms with Crippen molar-refractivity contribution in [2.45, 2.75) is 32.7 Å². The summed E-state index contributed by atoms with van der Waals surface area (Å²) in [4.78, 5) is 25.6. The summed E-state index contributed by atoms with van der Waals surface area (Å²) in [5.74, 6) is 5.19. The smallest absolute Gasteiger partial charge is 0.279 e. The van der Waals surface area contributed by atoms with E-state index < -0.39 is 5.91 Å². The maximum absolute atomic E-state index is 12.4.